The molecule has 0 aliphatic rings. The van der Waals surface area contributed by atoms with Crippen molar-refractivity contribution in [3.05, 3.63) is 10.3 Å². The van der Waals surface area contributed by atoms with E-state index in [1.54, 1.807) is 11.8 Å². The molecule has 0 aromatic carbocycles. The molecule has 0 spiro atoms. The molecule has 102 valence electrons. The van der Waals surface area contributed by atoms with Crippen molar-refractivity contribution in [2.75, 3.05) is 19.0 Å². The number of hydrogen-bond acceptors (Lipinski definition) is 4. The van der Waals surface area contributed by atoms with Crippen LogP contribution in [0.4, 0.5) is 0 Å². The summed E-state index contributed by atoms with van der Waals surface area (Å²) < 4.78 is 23.7. The first-order valence-corrected chi connectivity index (χ1v) is 12.1. The Bertz CT molecular complexity index is 290. The van der Waals surface area contributed by atoms with Gasteiger partial charge in [-0.1, -0.05) is 26.6 Å². The third kappa shape index (κ3) is 5.75. The van der Waals surface area contributed by atoms with Crippen molar-refractivity contribution >= 4 is 27.4 Å². The van der Waals surface area contributed by atoms with Crippen molar-refractivity contribution in [2.24, 2.45) is 0 Å². The van der Waals surface area contributed by atoms with E-state index in [1.807, 2.05) is 19.3 Å². The SMILES string of the molecule is CCOP(=O)(OCC)/C(=C\SCC)[Si](C)(C)C. The molecule has 0 unspecified atom stereocenters. The molecule has 0 bridgehead atoms. The molecule has 0 N–H and O–H groups in total. The van der Waals surface area contributed by atoms with Gasteiger partial charge in [-0.25, -0.2) is 0 Å². The largest absolute Gasteiger partial charge is 0.353 e. The Hall–Kier alpha value is 0.457. The Labute approximate surface area is 111 Å². The van der Waals surface area contributed by atoms with Gasteiger partial charge >= 0.3 is 7.60 Å². The molecule has 0 saturated carbocycles. The maximum Gasteiger partial charge on any atom is 0.353 e. The van der Waals surface area contributed by atoms with E-state index in [1.165, 1.54) is 0 Å². The summed E-state index contributed by atoms with van der Waals surface area (Å²) in [4.78, 5) is 0.903. The van der Waals surface area contributed by atoms with Gasteiger partial charge in [0.2, 0.25) is 0 Å². The van der Waals surface area contributed by atoms with Gasteiger partial charge in [0.1, 0.15) is 0 Å². The number of rotatable bonds is 8. The Morgan fingerprint density at radius 3 is 1.94 bits per heavy atom. The van der Waals surface area contributed by atoms with Gasteiger partial charge in [-0.15, -0.1) is 11.8 Å². The van der Waals surface area contributed by atoms with E-state index < -0.39 is 15.7 Å². The van der Waals surface area contributed by atoms with Crippen molar-refractivity contribution < 1.29 is 13.6 Å². The second-order valence-electron chi connectivity index (χ2n) is 4.54. The minimum atomic E-state index is -3.08. The van der Waals surface area contributed by atoms with Crippen molar-refractivity contribution in [3.8, 4) is 0 Å². The van der Waals surface area contributed by atoms with Gasteiger partial charge in [-0.2, -0.15) is 0 Å². The first-order chi connectivity index (χ1) is 7.81. The summed E-state index contributed by atoms with van der Waals surface area (Å²) in [6, 6.07) is 0. The zero-order valence-electron chi connectivity index (χ0n) is 11.8. The maximum atomic E-state index is 12.8. The van der Waals surface area contributed by atoms with Crippen LogP contribution >= 0.6 is 19.4 Å². The molecule has 0 saturated heterocycles. The molecule has 0 rings (SSSR count). The second-order valence-corrected chi connectivity index (χ2v) is 13.1. The highest BCUT2D eigenvalue weighted by Gasteiger charge is 2.38. The summed E-state index contributed by atoms with van der Waals surface area (Å²) in [5, 5.41) is 2.00. The highest BCUT2D eigenvalue weighted by molar-refractivity contribution is 8.02. The van der Waals surface area contributed by atoms with Crippen LogP contribution in [0.3, 0.4) is 0 Å². The standard InChI is InChI=1S/C11H25O3PSSi/c1-7-13-15(12,14-8-2)11(10-16-9-3)17(4,5)6/h10H,7-9H2,1-6H3/b11-10+. The topological polar surface area (TPSA) is 35.5 Å². The summed E-state index contributed by atoms with van der Waals surface area (Å²) in [6.45, 7) is 13.1. The van der Waals surface area contributed by atoms with Crippen LogP contribution in [0.25, 0.3) is 0 Å². The molecule has 3 nitrogen and oxygen atoms in total. The molecule has 0 aliphatic carbocycles. The minimum absolute atomic E-state index is 0.413. The van der Waals surface area contributed by atoms with Crippen molar-refractivity contribution in [1.82, 2.24) is 0 Å². The van der Waals surface area contributed by atoms with Crippen LogP contribution in [-0.2, 0) is 13.6 Å². The quantitative estimate of drug-likeness (QED) is 0.479. The zero-order valence-corrected chi connectivity index (χ0v) is 14.5. The van der Waals surface area contributed by atoms with Crippen LogP contribution < -0.4 is 0 Å². The van der Waals surface area contributed by atoms with Crippen molar-refractivity contribution in [3.63, 3.8) is 0 Å². The fraction of sp³-hybridized carbons (Fsp3) is 0.818. The average Bonchev–Trinajstić information content (AvgIpc) is 2.16. The summed E-state index contributed by atoms with van der Waals surface area (Å²) in [7, 11) is -4.79. The first kappa shape index (κ1) is 17.5. The third-order valence-electron chi connectivity index (χ3n) is 2.02. The van der Waals surface area contributed by atoms with E-state index in [0.717, 1.165) is 10.7 Å². The Morgan fingerprint density at radius 1 is 1.18 bits per heavy atom. The maximum absolute atomic E-state index is 12.8. The van der Waals surface area contributed by atoms with E-state index >= 15 is 0 Å². The first-order valence-electron chi connectivity index (χ1n) is 6.03. The highest BCUT2D eigenvalue weighted by atomic mass is 32.2. The lowest BCUT2D eigenvalue weighted by molar-refractivity contribution is 0.227. The van der Waals surface area contributed by atoms with Crippen LogP contribution in [0.15, 0.2) is 10.3 Å². The van der Waals surface area contributed by atoms with E-state index in [9.17, 15) is 4.57 Å². The van der Waals surface area contributed by atoms with Gasteiger partial charge in [-0.05, 0) is 25.0 Å². The van der Waals surface area contributed by atoms with E-state index in [0.29, 0.717) is 13.2 Å². The Kier molecular flexibility index (Phi) is 8.01. The van der Waals surface area contributed by atoms with Gasteiger partial charge in [0.05, 0.1) is 21.3 Å². The molecule has 0 aromatic heterocycles. The van der Waals surface area contributed by atoms with Gasteiger partial charge in [-0.3, -0.25) is 4.57 Å². The van der Waals surface area contributed by atoms with Gasteiger partial charge in [0.25, 0.3) is 0 Å². The summed E-state index contributed by atoms with van der Waals surface area (Å²) in [5.74, 6) is 0.965. The molecule has 0 fully saturated rings. The van der Waals surface area contributed by atoms with Crippen LogP contribution in [-0.4, -0.2) is 27.0 Å². The summed E-state index contributed by atoms with van der Waals surface area (Å²) in [5.41, 5.74) is 0. The Morgan fingerprint density at radius 2 is 1.65 bits per heavy atom. The van der Waals surface area contributed by atoms with Gasteiger partial charge in [0.15, 0.2) is 0 Å². The molecule has 6 heteroatoms. The zero-order chi connectivity index (χ0) is 13.5. The van der Waals surface area contributed by atoms with Crippen LogP contribution in [0.2, 0.25) is 19.6 Å². The van der Waals surface area contributed by atoms with Crippen molar-refractivity contribution in [2.45, 2.75) is 40.4 Å². The van der Waals surface area contributed by atoms with E-state index in [-0.39, 0.29) is 0 Å². The van der Waals surface area contributed by atoms with E-state index in [2.05, 4.69) is 26.6 Å². The van der Waals surface area contributed by atoms with Gasteiger partial charge < -0.3 is 9.05 Å². The molecule has 0 amide bonds. The predicted molar refractivity (Wildman–Crippen MR) is 80.4 cm³/mol. The lowest BCUT2D eigenvalue weighted by Gasteiger charge is -2.27. The monoisotopic (exact) mass is 296 g/mol. The van der Waals surface area contributed by atoms with Crippen molar-refractivity contribution in [1.29, 1.82) is 0 Å². The minimum Gasteiger partial charge on any atom is -0.306 e. The molecule has 0 radical (unpaired) electrons. The smallest absolute Gasteiger partial charge is 0.306 e. The van der Waals surface area contributed by atoms with Crippen LogP contribution in [0.1, 0.15) is 20.8 Å². The second kappa shape index (κ2) is 7.80. The average molecular weight is 296 g/mol. The molecular formula is C11H25O3PSSi. The Balaban J connectivity index is 5.30. The van der Waals surface area contributed by atoms with E-state index in [4.69, 9.17) is 9.05 Å². The fourth-order valence-corrected chi connectivity index (χ4v) is 8.77. The lowest BCUT2D eigenvalue weighted by Crippen LogP contribution is -2.25. The highest BCUT2D eigenvalue weighted by Crippen LogP contribution is 2.59. The lowest BCUT2D eigenvalue weighted by atomic mass is 10.9. The molecule has 0 heterocycles. The molecule has 0 atom stereocenters. The molecular weight excluding hydrogens is 271 g/mol. The molecule has 0 aliphatic heterocycles. The third-order valence-corrected chi connectivity index (χ3v) is 9.57. The fourth-order valence-electron chi connectivity index (χ4n) is 1.33. The van der Waals surface area contributed by atoms with Crippen LogP contribution in [0.5, 0.6) is 0 Å². The van der Waals surface area contributed by atoms with Crippen LogP contribution in [0, 0.1) is 0 Å². The molecule has 17 heavy (non-hydrogen) atoms. The predicted octanol–water partition coefficient (Wildman–Crippen LogP) is 4.72. The number of thioether (sulfide) groups is 1. The summed E-state index contributed by atoms with van der Waals surface area (Å²) in [6.07, 6.45) is 0. The summed E-state index contributed by atoms with van der Waals surface area (Å²) >= 11 is 1.66. The number of hydrogen-bond donors (Lipinski definition) is 0. The normalized spacial score (nSPS) is 14.1. The molecule has 0 aromatic rings. The van der Waals surface area contributed by atoms with Gasteiger partial charge in [0, 0.05) is 4.94 Å².